The van der Waals surface area contributed by atoms with Gasteiger partial charge in [-0.2, -0.15) is 0 Å². The zero-order valence-corrected chi connectivity index (χ0v) is 18.7. The molecule has 0 saturated carbocycles. The molecule has 1 amide bonds. The summed E-state index contributed by atoms with van der Waals surface area (Å²) in [5.41, 5.74) is 2.66. The SMILES string of the molecule is CCS(=O)(=O)N1CCCc2ccc(NS(=O)(=O)c3ccc(NC(C)=O)cc3C)cc21. The first kappa shape index (κ1) is 22.1. The molecule has 0 bridgehead atoms. The summed E-state index contributed by atoms with van der Waals surface area (Å²) in [6, 6.07) is 9.50. The lowest BCUT2D eigenvalue weighted by Crippen LogP contribution is -2.36. The van der Waals surface area contributed by atoms with Crippen LogP contribution >= 0.6 is 0 Å². The molecule has 0 atom stereocenters. The predicted octanol–water partition coefficient (Wildman–Crippen LogP) is 2.86. The highest BCUT2D eigenvalue weighted by Crippen LogP contribution is 2.33. The Morgan fingerprint density at radius 3 is 2.40 bits per heavy atom. The van der Waals surface area contributed by atoms with Gasteiger partial charge in [0.15, 0.2) is 0 Å². The van der Waals surface area contributed by atoms with Gasteiger partial charge in [-0.25, -0.2) is 16.8 Å². The van der Waals surface area contributed by atoms with Crippen molar-refractivity contribution >= 4 is 43.0 Å². The van der Waals surface area contributed by atoms with Gasteiger partial charge in [-0.3, -0.25) is 13.8 Å². The molecule has 2 aromatic carbocycles. The molecule has 2 N–H and O–H groups in total. The highest BCUT2D eigenvalue weighted by molar-refractivity contribution is 7.93. The third kappa shape index (κ3) is 4.59. The Morgan fingerprint density at radius 1 is 1.07 bits per heavy atom. The van der Waals surface area contributed by atoms with E-state index in [1.54, 1.807) is 38.1 Å². The van der Waals surface area contributed by atoms with Crippen LogP contribution in [0.5, 0.6) is 0 Å². The number of rotatable bonds is 6. The van der Waals surface area contributed by atoms with Crippen molar-refractivity contribution in [2.24, 2.45) is 0 Å². The van der Waals surface area contributed by atoms with E-state index in [9.17, 15) is 21.6 Å². The van der Waals surface area contributed by atoms with E-state index in [4.69, 9.17) is 0 Å². The summed E-state index contributed by atoms with van der Waals surface area (Å²) in [4.78, 5) is 11.3. The minimum Gasteiger partial charge on any atom is -0.326 e. The van der Waals surface area contributed by atoms with Crippen molar-refractivity contribution in [3.63, 3.8) is 0 Å². The summed E-state index contributed by atoms with van der Waals surface area (Å²) in [5, 5.41) is 2.62. The molecule has 0 aliphatic carbocycles. The molecule has 30 heavy (non-hydrogen) atoms. The van der Waals surface area contributed by atoms with E-state index < -0.39 is 20.0 Å². The number of carbonyl (C=O) groups is 1. The minimum atomic E-state index is -3.90. The Hall–Kier alpha value is -2.59. The van der Waals surface area contributed by atoms with Crippen LogP contribution in [-0.4, -0.2) is 35.0 Å². The normalized spacial score (nSPS) is 14.2. The summed E-state index contributed by atoms with van der Waals surface area (Å²) in [5.74, 6) is -0.272. The number of amides is 1. The van der Waals surface area contributed by atoms with E-state index in [0.717, 1.165) is 18.4 Å². The third-order valence-corrected chi connectivity index (χ3v) is 8.22. The molecular formula is C20H25N3O5S2. The van der Waals surface area contributed by atoms with Crippen molar-refractivity contribution in [3.05, 3.63) is 47.5 Å². The molecule has 1 aliphatic rings. The van der Waals surface area contributed by atoms with E-state index >= 15 is 0 Å². The summed E-state index contributed by atoms with van der Waals surface area (Å²) in [6.45, 7) is 4.98. The van der Waals surface area contributed by atoms with Crippen molar-refractivity contribution in [2.75, 3.05) is 26.6 Å². The van der Waals surface area contributed by atoms with Gasteiger partial charge in [0, 0.05) is 19.2 Å². The summed E-state index contributed by atoms with van der Waals surface area (Å²) >= 11 is 0. The van der Waals surface area contributed by atoms with Gasteiger partial charge in [-0.15, -0.1) is 0 Å². The number of fused-ring (bicyclic) bond motifs is 1. The van der Waals surface area contributed by atoms with Crippen molar-refractivity contribution in [1.29, 1.82) is 0 Å². The third-order valence-electron chi connectivity index (χ3n) is 4.90. The van der Waals surface area contributed by atoms with Gasteiger partial charge >= 0.3 is 0 Å². The molecular weight excluding hydrogens is 426 g/mol. The fourth-order valence-corrected chi connectivity index (χ4v) is 5.96. The quantitative estimate of drug-likeness (QED) is 0.701. The number of aryl methyl sites for hydroxylation is 2. The minimum absolute atomic E-state index is 0.0256. The Labute approximate surface area is 177 Å². The van der Waals surface area contributed by atoms with E-state index in [2.05, 4.69) is 10.0 Å². The zero-order valence-electron chi connectivity index (χ0n) is 17.1. The lowest BCUT2D eigenvalue weighted by molar-refractivity contribution is -0.114. The van der Waals surface area contributed by atoms with Gasteiger partial charge in [0.1, 0.15) is 0 Å². The van der Waals surface area contributed by atoms with E-state index in [-0.39, 0.29) is 22.2 Å². The number of hydrogen-bond acceptors (Lipinski definition) is 5. The standard InChI is InChI=1S/C20H25N3O5S2/c1-4-29(25,26)23-11-5-6-16-7-8-18(13-19(16)23)22-30(27,28)20-10-9-17(12-14(20)2)21-15(3)24/h7-10,12-13,22H,4-6,11H2,1-3H3,(H,21,24). The average molecular weight is 452 g/mol. The summed E-state index contributed by atoms with van der Waals surface area (Å²) in [7, 11) is -7.35. The van der Waals surface area contributed by atoms with Gasteiger partial charge in [-0.05, 0) is 68.1 Å². The first-order valence-electron chi connectivity index (χ1n) is 9.58. The molecule has 1 aliphatic heterocycles. The van der Waals surface area contributed by atoms with Crippen LogP contribution < -0.4 is 14.3 Å². The molecule has 162 valence electrons. The molecule has 2 aromatic rings. The molecule has 0 spiro atoms. The van der Waals surface area contributed by atoms with Crippen LogP contribution in [0.3, 0.4) is 0 Å². The number of anilines is 3. The van der Waals surface area contributed by atoms with E-state index in [0.29, 0.717) is 23.5 Å². The summed E-state index contributed by atoms with van der Waals surface area (Å²) in [6.07, 6.45) is 1.46. The smallest absolute Gasteiger partial charge is 0.262 e. The van der Waals surface area contributed by atoms with Crippen LogP contribution in [0.2, 0.25) is 0 Å². The highest BCUT2D eigenvalue weighted by Gasteiger charge is 2.27. The van der Waals surface area contributed by atoms with Gasteiger partial charge in [0.05, 0.1) is 22.0 Å². The Bertz CT molecular complexity index is 1190. The molecule has 0 unspecified atom stereocenters. The zero-order chi connectivity index (χ0) is 22.1. The summed E-state index contributed by atoms with van der Waals surface area (Å²) < 4.78 is 54.6. The average Bonchev–Trinajstić information content (AvgIpc) is 2.66. The molecule has 0 aromatic heterocycles. The Kier molecular flexibility index (Phi) is 6.09. The van der Waals surface area contributed by atoms with Crippen LogP contribution in [0, 0.1) is 6.92 Å². The molecule has 10 heteroatoms. The van der Waals surface area contributed by atoms with Gasteiger partial charge in [0.2, 0.25) is 15.9 Å². The fraction of sp³-hybridized carbons (Fsp3) is 0.350. The second-order valence-corrected chi connectivity index (χ2v) is 11.0. The fourth-order valence-electron chi connectivity index (χ4n) is 3.49. The second kappa shape index (κ2) is 8.27. The van der Waals surface area contributed by atoms with Crippen LogP contribution in [0.1, 0.15) is 31.4 Å². The topological polar surface area (TPSA) is 113 Å². The van der Waals surface area contributed by atoms with Crippen molar-refractivity contribution in [2.45, 2.75) is 38.5 Å². The van der Waals surface area contributed by atoms with Crippen LogP contribution in [0.25, 0.3) is 0 Å². The maximum Gasteiger partial charge on any atom is 0.262 e. The molecule has 0 radical (unpaired) electrons. The van der Waals surface area contributed by atoms with Crippen LogP contribution in [0.15, 0.2) is 41.3 Å². The first-order valence-corrected chi connectivity index (χ1v) is 12.7. The highest BCUT2D eigenvalue weighted by atomic mass is 32.2. The van der Waals surface area contributed by atoms with Crippen LogP contribution in [0.4, 0.5) is 17.1 Å². The predicted molar refractivity (Wildman–Crippen MR) is 118 cm³/mol. The number of carbonyl (C=O) groups excluding carboxylic acids is 1. The number of sulfonamides is 2. The molecule has 1 heterocycles. The van der Waals surface area contributed by atoms with Gasteiger partial charge in [0.25, 0.3) is 10.0 Å². The lowest BCUT2D eigenvalue weighted by atomic mass is 10.0. The monoisotopic (exact) mass is 451 g/mol. The second-order valence-electron chi connectivity index (χ2n) is 7.19. The maximum atomic E-state index is 12.9. The molecule has 0 saturated heterocycles. The molecule has 0 fully saturated rings. The van der Waals surface area contributed by atoms with Crippen molar-refractivity contribution < 1.29 is 21.6 Å². The van der Waals surface area contributed by atoms with Gasteiger partial charge < -0.3 is 5.32 Å². The van der Waals surface area contributed by atoms with Crippen molar-refractivity contribution in [3.8, 4) is 0 Å². The largest absolute Gasteiger partial charge is 0.326 e. The number of nitrogens with zero attached hydrogens (tertiary/aromatic N) is 1. The Morgan fingerprint density at radius 2 is 1.77 bits per heavy atom. The van der Waals surface area contributed by atoms with E-state index in [1.807, 2.05) is 0 Å². The molecule has 3 rings (SSSR count). The number of benzene rings is 2. The Balaban J connectivity index is 1.93. The van der Waals surface area contributed by atoms with Crippen molar-refractivity contribution in [1.82, 2.24) is 0 Å². The van der Waals surface area contributed by atoms with Crippen LogP contribution in [-0.2, 0) is 31.3 Å². The lowest BCUT2D eigenvalue weighted by Gasteiger charge is -2.30. The number of nitrogens with one attached hydrogen (secondary N) is 2. The van der Waals surface area contributed by atoms with E-state index in [1.165, 1.54) is 23.4 Å². The first-order chi connectivity index (χ1) is 14.0. The molecule has 8 nitrogen and oxygen atoms in total. The van der Waals surface area contributed by atoms with Gasteiger partial charge in [-0.1, -0.05) is 6.07 Å². The number of hydrogen-bond donors (Lipinski definition) is 2. The maximum absolute atomic E-state index is 12.9.